The number of ether oxygens (including phenoxy) is 1. The summed E-state index contributed by atoms with van der Waals surface area (Å²) in [5, 5.41) is 0. The summed E-state index contributed by atoms with van der Waals surface area (Å²) >= 11 is 0. The van der Waals surface area contributed by atoms with Gasteiger partial charge in [0.05, 0.1) is 0 Å². The van der Waals surface area contributed by atoms with Crippen molar-refractivity contribution in [2.45, 2.75) is 38.8 Å². The van der Waals surface area contributed by atoms with Crippen molar-refractivity contribution >= 4 is 0 Å². The van der Waals surface area contributed by atoms with Gasteiger partial charge in [0.1, 0.15) is 0 Å². The van der Waals surface area contributed by atoms with Crippen LogP contribution in [0.25, 0.3) is 0 Å². The number of rotatable bonds is 8. The zero-order valence-electron chi connectivity index (χ0n) is 12.7. The highest BCUT2D eigenvalue weighted by Crippen LogP contribution is 2.24. The van der Waals surface area contributed by atoms with Gasteiger partial charge in [0.25, 0.3) is 0 Å². The fraction of sp³-hybridized carbons (Fsp3) is 0.625. The number of benzene rings is 1. The number of aryl methyl sites for hydroxylation is 1. The van der Waals surface area contributed by atoms with E-state index in [1.54, 1.807) is 7.11 Å². The SMILES string of the molecule is CCC(N)C(c1cccc(C)c1)N(C)CCCOC. The van der Waals surface area contributed by atoms with Crippen LogP contribution in [-0.4, -0.2) is 38.3 Å². The minimum absolute atomic E-state index is 0.161. The molecule has 0 aliphatic heterocycles. The summed E-state index contributed by atoms with van der Waals surface area (Å²) in [6.07, 6.45) is 2.01. The Bertz CT molecular complexity index is 368. The molecule has 0 amide bonds. The third kappa shape index (κ3) is 4.94. The Hall–Kier alpha value is -0.900. The number of hydrogen-bond acceptors (Lipinski definition) is 3. The predicted molar refractivity (Wildman–Crippen MR) is 81.3 cm³/mol. The summed E-state index contributed by atoms with van der Waals surface area (Å²) in [6, 6.07) is 9.11. The molecule has 1 aromatic rings. The molecule has 19 heavy (non-hydrogen) atoms. The van der Waals surface area contributed by atoms with Gasteiger partial charge >= 0.3 is 0 Å². The molecule has 108 valence electrons. The molecule has 0 spiro atoms. The maximum Gasteiger partial charge on any atom is 0.0496 e. The maximum atomic E-state index is 6.33. The topological polar surface area (TPSA) is 38.5 Å². The lowest BCUT2D eigenvalue weighted by Crippen LogP contribution is -2.39. The number of methoxy groups -OCH3 is 1. The van der Waals surface area contributed by atoms with E-state index in [0.29, 0.717) is 0 Å². The van der Waals surface area contributed by atoms with E-state index in [2.05, 4.69) is 50.1 Å². The van der Waals surface area contributed by atoms with E-state index in [9.17, 15) is 0 Å². The van der Waals surface area contributed by atoms with Crippen molar-refractivity contribution in [3.63, 3.8) is 0 Å². The first kappa shape index (κ1) is 16.2. The van der Waals surface area contributed by atoms with Gasteiger partial charge in [-0.25, -0.2) is 0 Å². The largest absolute Gasteiger partial charge is 0.385 e. The van der Waals surface area contributed by atoms with Crippen LogP contribution in [0.15, 0.2) is 24.3 Å². The lowest BCUT2D eigenvalue weighted by molar-refractivity contribution is 0.155. The summed E-state index contributed by atoms with van der Waals surface area (Å²) in [7, 11) is 3.90. The standard InChI is InChI=1S/C16H28N2O/c1-5-15(17)16(18(3)10-7-11-19-4)14-9-6-8-13(2)12-14/h6,8-9,12,15-16H,5,7,10-11,17H2,1-4H3. The highest BCUT2D eigenvalue weighted by molar-refractivity contribution is 5.26. The minimum Gasteiger partial charge on any atom is -0.385 e. The fourth-order valence-electron chi connectivity index (χ4n) is 2.50. The monoisotopic (exact) mass is 264 g/mol. The molecular formula is C16H28N2O. The molecule has 0 saturated heterocycles. The first-order valence-corrected chi connectivity index (χ1v) is 7.11. The molecule has 0 radical (unpaired) electrons. The van der Waals surface area contributed by atoms with Crippen LogP contribution in [0.4, 0.5) is 0 Å². The zero-order valence-corrected chi connectivity index (χ0v) is 12.7. The molecule has 1 rings (SSSR count). The molecule has 0 aliphatic carbocycles. The van der Waals surface area contributed by atoms with Gasteiger partial charge in [-0.15, -0.1) is 0 Å². The highest BCUT2D eigenvalue weighted by Gasteiger charge is 2.22. The lowest BCUT2D eigenvalue weighted by atomic mass is 9.95. The molecule has 0 saturated carbocycles. The van der Waals surface area contributed by atoms with Gasteiger partial charge in [0.15, 0.2) is 0 Å². The highest BCUT2D eigenvalue weighted by atomic mass is 16.5. The molecule has 0 heterocycles. The van der Waals surface area contributed by atoms with E-state index in [-0.39, 0.29) is 12.1 Å². The zero-order chi connectivity index (χ0) is 14.3. The Morgan fingerprint density at radius 1 is 1.37 bits per heavy atom. The second-order valence-electron chi connectivity index (χ2n) is 5.26. The average Bonchev–Trinajstić information content (AvgIpc) is 2.39. The number of likely N-dealkylation sites (N-methyl/N-ethyl adjacent to an activating group) is 1. The molecule has 3 heteroatoms. The van der Waals surface area contributed by atoms with E-state index in [4.69, 9.17) is 10.5 Å². The minimum atomic E-state index is 0.161. The van der Waals surface area contributed by atoms with Crippen molar-refractivity contribution in [1.82, 2.24) is 4.90 Å². The van der Waals surface area contributed by atoms with Crippen LogP contribution in [0.3, 0.4) is 0 Å². The quantitative estimate of drug-likeness (QED) is 0.734. The first-order chi connectivity index (χ1) is 9.10. The van der Waals surface area contributed by atoms with Crippen LogP contribution in [0.5, 0.6) is 0 Å². The van der Waals surface area contributed by atoms with Gasteiger partial charge in [-0.1, -0.05) is 36.8 Å². The Labute approximate surface area is 117 Å². The van der Waals surface area contributed by atoms with Gasteiger partial charge in [-0.3, -0.25) is 4.90 Å². The molecular weight excluding hydrogens is 236 g/mol. The summed E-state index contributed by atoms with van der Waals surface area (Å²) in [5.74, 6) is 0. The third-order valence-corrected chi connectivity index (χ3v) is 3.59. The fourth-order valence-corrected chi connectivity index (χ4v) is 2.50. The predicted octanol–water partition coefficient (Wildman–Crippen LogP) is 2.74. The summed E-state index contributed by atoms with van der Waals surface area (Å²) in [6.45, 7) is 6.08. The van der Waals surface area contributed by atoms with Crippen LogP contribution in [-0.2, 0) is 4.74 Å². The van der Waals surface area contributed by atoms with E-state index in [1.165, 1.54) is 11.1 Å². The van der Waals surface area contributed by atoms with Gasteiger partial charge in [0, 0.05) is 32.3 Å². The first-order valence-electron chi connectivity index (χ1n) is 7.11. The summed E-state index contributed by atoms with van der Waals surface area (Å²) in [5.41, 5.74) is 8.93. The molecule has 0 bridgehead atoms. The van der Waals surface area contributed by atoms with Gasteiger partial charge in [-0.2, -0.15) is 0 Å². The van der Waals surface area contributed by atoms with Gasteiger partial charge in [-0.05, 0) is 32.4 Å². The van der Waals surface area contributed by atoms with E-state index >= 15 is 0 Å². The van der Waals surface area contributed by atoms with Crippen LogP contribution in [0.1, 0.15) is 36.9 Å². The third-order valence-electron chi connectivity index (χ3n) is 3.59. The van der Waals surface area contributed by atoms with Crippen LogP contribution >= 0.6 is 0 Å². The summed E-state index contributed by atoms with van der Waals surface area (Å²) in [4.78, 5) is 2.35. The van der Waals surface area contributed by atoms with E-state index in [1.807, 2.05) is 0 Å². The van der Waals surface area contributed by atoms with Crippen LogP contribution in [0.2, 0.25) is 0 Å². The molecule has 2 unspecified atom stereocenters. The number of nitrogens with zero attached hydrogens (tertiary/aromatic N) is 1. The normalized spacial score (nSPS) is 14.6. The maximum absolute atomic E-state index is 6.33. The average molecular weight is 264 g/mol. The molecule has 0 aliphatic rings. The molecule has 1 aromatic carbocycles. The van der Waals surface area contributed by atoms with E-state index in [0.717, 1.165) is 26.0 Å². The number of nitrogens with two attached hydrogens (primary N) is 1. The molecule has 2 N–H and O–H groups in total. The summed E-state index contributed by atoms with van der Waals surface area (Å²) < 4.78 is 5.13. The van der Waals surface area contributed by atoms with E-state index < -0.39 is 0 Å². The molecule has 3 nitrogen and oxygen atoms in total. The van der Waals surface area contributed by atoms with Gasteiger partial charge in [0.2, 0.25) is 0 Å². The van der Waals surface area contributed by atoms with Crippen molar-refractivity contribution in [2.24, 2.45) is 5.73 Å². The second kappa shape index (κ2) is 8.31. The molecule has 2 atom stereocenters. The Morgan fingerprint density at radius 3 is 2.68 bits per heavy atom. The van der Waals surface area contributed by atoms with Crippen molar-refractivity contribution < 1.29 is 4.74 Å². The van der Waals surface area contributed by atoms with Crippen molar-refractivity contribution in [2.75, 3.05) is 27.3 Å². The molecule has 0 aromatic heterocycles. The van der Waals surface area contributed by atoms with Crippen molar-refractivity contribution in [3.05, 3.63) is 35.4 Å². The second-order valence-corrected chi connectivity index (χ2v) is 5.26. The number of hydrogen-bond donors (Lipinski definition) is 1. The Balaban J connectivity index is 2.82. The smallest absolute Gasteiger partial charge is 0.0496 e. The Kier molecular flexibility index (Phi) is 7.06. The molecule has 0 fully saturated rings. The van der Waals surface area contributed by atoms with Crippen LogP contribution in [0, 0.1) is 6.92 Å². The van der Waals surface area contributed by atoms with Crippen LogP contribution < -0.4 is 5.73 Å². The Morgan fingerprint density at radius 2 is 2.11 bits per heavy atom. The lowest BCUT2D eigenvalue weighted by Gasteiger charge is -2.33. The van der Waals surface area contributed by atoms with Crippen molar-refractivity contribution in [1.29, 1.82) is 0 Å². The van der Waals surface area contributed by atoms with Crippen molar-refractivity contribution in [3.8, 4) is 0 Å². The van der Waals surface area contributed by atoms with Gasteiger partial charge < -0.3 is 10.5 Å².